The van der Waals surface area contributed by atoms with Gasteiger partial charge in [0.1, 0.15) is 11.3 Å². The molecule has 3 aromatic rings. The van der Waals surface area contributed by atoms with Crippen molar-refractivity contribution in [1.82, 2.24) is 15.0 Å². The highest BCUT2D eigenvalue weighted by atomic mass is 35.5. The lowest BCUT2D eigenvalue weighted by atomic mass is 9.99. The maximum atomic E-state index is 12.8. The number of pyridine rings is 1. The van der Waals surface area contributed by atoms with E-state index in [1.807, 2.05) is 18.2 Å². The van der Waals surface area contributed by atoms with E-state index in [1.54, 1.807) is 17.0 Å². The van der Waals surface area contributed by atoms with Gasteiger partial charge in [-0.05, 0) is 35.8 Å². The summed E-state index contributed by atoms with van der Waals surface area (Å²) in [5, 5.41) is 12.0. The van der Waals surface area contributed by atoms with Crippen LogP contribution in [-0.4, -0.2) is 33.0 Å². The molecule has 34 heavy (non-hydrogen) atoms. The first-order valence-corrected chi connectivity index (χ1v) is 10.5. The number of alkyl halides is 3. The molecule has 3 heterocycles. The summed E-state index contributed by atoms with van der Waals surface area (Å²) in [7, 11) is 0. The van der Waals surface area contributed by atoms with Crippen LogP contribution in [0.3, 0.4) is 0 Å². The lowest BCUT2D eigenvalue weighted by molar-refractivity contribution is -0.385. The van der Waals surface area contributed by atoms with Gasteiger partial charge in [0, 0.05) is 24.3 Å². The van der Waals surface area contributed by atoms with E-state index in [-0.39, 0.29) is 5.82 Å². The molecule has 0 bridgehead atoms. The maximum absolute atomic E-state index is 12.8. The van der Waals surface area contributed by atoms with Crippen LogP contribution < -0.4 is 9.64 Å². The molecule has 1 aliphatic heterocycles. The second kappa shape index (κ2) is 9.43. The van der Waals surface area contributed by atoms with Crippen molar-refractivity contribution in [3.63, 3.8) is 0 Å². The maximum Gasteiger partial charge on any atom is 0.417 e. The normalized spacial score (nSPS) is 14.0. The Morgan fingerprint density at radius 2 is 1.82 bits per heavy atom. The molecule has 0 amide bonds. The van der Waals surface area contributed by atoms with Crippen molar-refractivity contribution in [1.29, 1.82) is 0 Å². The first-order valence-electron chi connectivity index (χ1n) is 9.73. The van der Waals surface area contributed by atoms with Crippen molar-refractivity contribution in [2.75, 3.05) is 18.0 Å². The molecule has 0 radical (unpaired) electrons. The standard InChI is InChI=1S/C21H14Cl2F3N5O3/c22-15-3-1-12(2-4-15)13-5-7-30(8-6-13)18-17(31(32)33)20(29-11-28-18)34-19-16(23)9-14(10-27-19)21(24,25)26/h1-5,9-11H,6-8H2. The van der Waals surface area contributed by atoms with Gasteiger partial charge in [0.25, 0.3) is 0 Å². The van der Waals surface area contributed by atoms with Gasteiger partial charge in [-0.25, -0.2) is 9.97 Å². The Balaban J connectivity index is 1.61. The van der Waals surface area contributed by atoms with Crippen LogP contribution in [-0.2, 0) is 6.18 Å². The van der Waals surface area contributed by atoms with Gasteiger partial charge in [0.15, 0.2) is 0 Å². The molecular formula is C21H14Cl2F3N5O3. The molecule has 8 nitrogen and oxygen atoms in total. The van der Waals surface area contributed by atoms with Gasteiger partial charge in [-0.15, -0.1) is 0 Å². The Kier molecular flexibility index (Phi) is 6.58. The fraction of sp³-hybridized carbons (Fsp3) is 0.190. The molecular weight excluding hydrogens is 498 g/mol. The summed E-state index contributed by atoms with van der Waals surface area (Å²) in [6.45, 7) is 0.750. The lowest BCUT2D eigenvalue weighted by Crippen LogP contribution is -2.30. The Hall–Kier alpha value is -3.44. The summed E-state index contributed by atoms with van der Waals surface area (Å²) in [6, 6.07) is 7.96. The molecule has 0 N–H and O–H groups in total. The van der Waals surface area contributed by atoms with Crippen molar-refractivity contribution < 1.29 is 22.8 Å². The van der Waals surface area contributed by atoms with Crippen molar-refractivity contribution in [3.8, 4) is 11.8 Å². The summed E-state index contributed by atoms with van der Waals surface area (Å²) in [4.78, 5) is 24.2. The van der Waals surface area contributed by atoms with Crippen LogP contribution in [0.4, 0.5) is 24.7 Å². The number of anilines is 1. The predicted molar refractivity (Wildman–Crippen MR) is 119 cm³/mol. The quantitative estimate of drug-likeness (QED) is 0.297. The minimum Gasteiger partial charge on any atom is -0.413 e. The zero-order chi connectivity index (χ0) is 24.5. The Labute approximate surface area is 200 Å². The molecule has 1 aliphatic rings. The molecule has 2 aromatic heterocycles. The predicted octanol–water partition coefficient (Wildman–Crippen LogP) is 6.19. The van der Waals surface area contributed by atoms with Gasteiger partial charge in [-0.2, -0.15) is 18.2 Å². The number of ether oxygens (including phenoxy) is 1. The molecule has 0 saturated heterocycles. The van der Waals surface area contributed by atoms with Gasteiger partial charge >= 0.3 is 17.7 Å². The number of hydrogen-bond acceptors (Lipinski definition) is 7. The van der Waals surface area contributed by atoms with Gasteiger partial charge in [0.05, 0.1) is 10.5 Å². The summed E-state index contributed by atoms with van der Waals surface area (Å²) in [5.74, 6) is -0.938. The lowest BCUT2D eigenvalue weighted by Gasteiger charge is -2.27. The van der Waals surface area contributed by atoms with Crippen molar-refractivity contribution >= 4 is 40.3 Å². The van der Waals surface area contributed by atoms with E-state index >= 15 is 0 Å². The van der Waals surface area contributed by atoms with Crippen LogP contribution in [0.15, 0.2) is 48.9 Å². The average Bonchev–Trinajstić information content (AvgIpc) is 2.80. The van der Waals surface area contributed by atoms with Crippen molar-refractivity contribution in [3.05, 3.63) is 80.2 Å². The van der Waals surface area contributed by atoms with Crippen molar-refractivity contribution in [2.24, 2.45) is 0 Å². The number of aromatic nitrogens is 3. The third kappa shape index (κ3) is 5.05. The van der Waals surface area contributed by atoms with E-state index in [2.05, 4.69) is 15.0 Å². The highest BCUT2D eigenvalue weighted by Gasteiger charge is 2.33. The fourth-order valence-corrected chi connectivity index (χ4v) is 3.69. The minimum absolute atomic E-state index is 0.00411. The Morgan fingerprint density at radius 1 is 1.09 bits per heavy atom. The van der Waals surface area contributed by atoms with Crippen LogP contribution in [0.25, 0.3) is 5.57 Å². The van der Waals surface area contributed by atoms with Crippen LogP contribution in [0.1, 0.15) is 17.5 Å². The number of rotatable bonds is 5. The second-order valence-corrected chi connectivity index (χ2v) is 7.99. The number of benzene rings is 1. The molecule has 176 valence electrons. The zero-order valence-electron chi connectivity index (χ0n) is 17.1. The fourth-order valence-electron chi connectivity index (χ4n) is 3.35. The van der Waals surface area contributed by atoms with Crippen LogP contribution >= 0.6 is 23.2 Å². The van der Waals surface area contributed by atoms with Crippen LogP contribution in [0.5, 0.6) is 11.8 Å². The van der Waals surface area contributed by atoms with Gasteiger partial charge < -0.3 is 9.64 Å². The number of halogens is 5. The summed E-state index contributed by atoms with van der Waals surface area (Å²) >= 11 is 11.8. The average molecular weight is 512 g/mol. The molecule has 0 fully saturated rings. The summed E-state index contributed by atoms with van der Waals surface area (Å²) < 4.78 is 43.9. The molecule has 0 unspecified atom stereocenters. The minimum atomic E-state index is -4.66. The molecule has 13 heteroatoms. The van der Waals surface area contributed by atoms with Gasteiger partial charge in [0.2, 0.25) is 11.7 Å². The van der Waals surface area contributed by atoms with Gasteiger partial charge in [-0.1, -0.05) is 41.4 Å². The number of hydrogen-bond donors (Lipinski definition) is 0. The highest BCUT2D eigenvalue weighted by Crippen LogP contribution is 2.40. The third-order valence-electron chi connectivity index (χ3n) is 5.00. The molecule has 0 saturated carbocycles. The second-order valence-electron chi connectivity index (χ2n) is 7.15. The van der Waals surface area contributed by atoms with Gasteiger partial charge in [-0.3, -0.25) is 10.1 Å². The van der Waals surface area contributed by atoms with Crippen molar-refractivity contribution in [2.45, 2.75) is 12.6 Å². The van der Waals surface area contributed by atoms with E-state index < -0.39 is 39.1 Å². The van der Waals surface area contributed by atoms with E-state index in [0.717, 1.165) is 17.5 Å². The first kappa shape index (κ1) is 23.7. The molecule has 0 spiro atoms. The molecule has 1 aromatic carbocycles. The topological polar surface area (TPSA) is 94.3 Å². The molecule has 4 rings (SSSR count). The molecule has 0 aliphatic carbocycles. The Morgan fingerprint density at radius 3 is 2.41 bits per heavy atom. The highest BCUT2D eigenvalue weighted by molar-refractivity contribution is 6.32. The largest absolute Gasteiger partial charge is 0.417 e. The molecule has 0 atom stereocenters. The summed E-state index contributed by atoms with van der Waals surface area (Å²) in [6.07, 6.45) is -0.564. The van der Waals surface area contributed by atoms with E-state index in [1.165, 1.54) is 0 Å². The van der Waals surface area contributed by atoms with E-state index in [0.29, 0.717) is 36.8 Å². The first-order chi connectivity index (χ1) is 16.1. The summed E-state index contributed by atoms with van der Waals surface area (Å²) in [5.41, 5.74) is 0.415. The van der Waals surface area contributed by atoms with E-state index in [4.69, 9.17) is 27.9 Å². The smallest absolute Gasteiger partial charge is 0.413 e. The van der Waals surface area contributed by atoms with Crippen LogP contribution in [0, 0.1) is 10.1 Å². The SMILES string of the molecule is O=[N+]([O-])c1c(Oc2ncc(C(F)(F)F)cc2Cl)ncnc1N1CC=C(c2ccc(Cl)cc2)CC1. The third-order valence-corrected chi connectivity index (χ3v) is 5.53. The number of nitrogens with zero attached hydrogens (tertiary/aromatic N) is 5. The zero-order valence-corrected chi connectivity index (χ0v) is 18.6. The Bertz CT molecular complexity index is 1270. The van der Waals surface area contributed by atoms with Crippen LogP contribution in [0.2, 0.25) is 10.0 Å². The number of nitro groups is 1. The van der Waals surface area contributed by atoms with E-state index in [9.17, 15) is 23.3 Å². The monoisotopic (exact) mass is 511 g/mol.